The molecule has 0 spiro atoms. The molecule has 108 valence electrons. The SMILES string of the molecule is CCNC(Cn1c(=O)ccc2ccccc21)C(C)(C)C. The standard InChI is InChI=1S/C17H24N2O/c1-5-18-15(17(2,3)4)12-19-14-9-7-6-8-13(14)10-11-16(19)20/h6-11,15,18H,5,12H2,1-4H3. The maximum atomic E-state index is 12.2. The normalized spacial score (nSPS) is 13.6. The van der Waals surface area contributed by atoms with Gasteiger partial charge in [-0.05, 0) is 29.5 Å². The molecule has 0 aliphatic heterocycles. The van der Waals surface area contributed by atoms with Crippen LogP contribution in [0.4, 0.5) is 0 Å². The molecular formula is C17H24N2O. The lowest BCUT2D eigenvalue weighted by atomic mass is 9.86. The smallest absolute Gasteiger partial charge is 0.251 e. The van der Waals surface area contributed by atoms with Gasteiger partial charge in [-0.15, -0.1) is 0 Å². The Balaban J connectivity index is 2.46. The number of hydrogen-bond acceptors (Lipinski definition) is 2. The summed E-state index contributed by atoms with van der Waals surface area (Å²) >= 11 is 0. The molecule has 0 aliphatic rings. The lowest BCUT2D eigenvalue weighted by Crippen LogP contribution is -2.45. The summed E-state index contributed by atoms with van der Waals surface area (Å²) in [5.41, 5.74) is 1.18. The third kappa shape index (κ3) is 3.10. The van der Waals surface area contributed by atoms with Crippen LogP contribution in [0.1, 0.15) is 27.7 Å². The van der Waals surface area contributed by atoms with Crippen LogP contribution in [0.2, 0.25) is 0 Å². The zero-order chi connectivity index (χ0) is 14.8. The molecule has 1 heterocycles. The molecule has 1 aromatic carbocycles. The topological polar surface area (TPSA) is 34.0 Å². The molecule has 0 aliphatic carbocycles. The summed E-state index contributed by atoms with van der Waals surface area (Å²) in [6.45, 7) is 10.3. The third-order valence-electron chi connectivity index (χ3n) is 3.76. The van der Waals surface area contributed by atoms with E-state index in [1.165, 1.54) is 0 Å². The molecule has 0 radical (unpaired) electrons. The van der Waals surface area contributed by atoms with Crippen LogP contribution in [0, 0.1) is 5.41 Å². The first kappa shape index (κ1) is 14.8. The molecule has 2 rings (SSSR count). The minimum atomic E-state index is 0.0656. The minimum Gasteiger partial charge on any atom is -0.312 e. The van der Waals surface area contributed by atoms with Gasteiger partial charge in [-0.25, -0.2) is 0 Å². The van der Waals surface area contributed by atoms with Gasteiger partial charge in [-0.1, -0.05) is 45.9 Å². The predicted octanol–water partition coefficient (Wildman–Crippen LogP) is 3.03. The van der Waals surface area contributed by atoms with Gasteiger partial charge in [0.1, 0.15) is 0 Å². The Morgan fingerprint density at radius 1 is 1.15 bits per heavy atom. The fourth-order valence-electron chi connectivity index (χ4n) is 2.51. The Morgan fingerprint density at radius 2 is 1.85 bits per heavy atom. The van der Waals surface area contributed by atoms with Crippen LogP contribution in [-0.2, 0) is 6.54 Å². The summed E-state index contributed by atoms with van der Waals surface area (Å²) in [6.07, 6.45) is 0. The zero-order valence-electron chi connectivity index (χ0n) is 12.8. The van der Waals surface area contributed by atoms with Crippen molar-refractivity contribution in [2.24, 2.45) is 5.41 Å². The number of aromatic nitrogens is 1. The molecule has 3 heteroatoms. The summed E-state index contributed by atoms with van der Waals surface area (Å²) < 4.78 is 1.88. The van der Waals surface area contributed by atoms with Crippen molar-refractivity contribution in [3.63, 3.8) is 0 Å². The van der Waals surface area contributed by atoms with E-state index in [9.17, 15) is 4.79 Å². The quantitative estimate of drug-likeness (QED) is 0.928. The first-order chi connectivity index (χ1) is 9.43. The van der Waals surface area contributed by atoms with Crippen molar-refractivity contribution in [3.05, 3.63) is 46.8 Å². The highest BCUT2D eigenvalue weighted by atomic mass is 16.1. The van der Waals surface area contributed by atoms with Crippen molar-refractivity contribution >= 4 is 10.9 Å². The highest BCUT2D eigenvalue weighted by molar-refractivity contribution is 5.78. The lowest BCUT2D eigenvalue weighted by Gasteiger charge is -2.32. The number of pyridine rings is 1. The van der Waals surface area contributed by atoms with E-state index in [-0.39, 0.29) is 17.0 Å². The Hall–Kier alpha value is -1.61. The van der Waals surface area contributed by atoms with E-state index in [1.807, 2.05) is 34.9 Å². The van der Waals surface area contributed by atoms with Crippen LogP contribution in [0.3, 0.4) is 0 Å². The molecule has 1 N–H and O–H groups in total. The number of hydrogen-bond donors (Lipinski definition) is 1. The largest absolute Gasteiger partial charge is 0.312 e. The second-order valence-corrected chi connectivity index (χ2v) is 6.32. The molecule has 1 aromatic heterocycles. The van der Waals surface area contributed by atoms with Gasteiger partial charge in [0, 0.05) is 18.7 Å². The molecule has 0 fully saturated rings. The molecule has 0 saturated heterocycles. The first-order valence-corrected chi connectivity index (χ1v) is 7.25. The van der Waals surface area contributed by atoms with E-state index >= 15 is 0 Å². The van der Waals surface area contributed by atoms with Crippen LogP contribution < -0.4 is 10.9 Å². The van der Waals surface area contributed by atoms with Crippen molar-refractivity contribution in [3.8, 4) is 0 Å². The highest BCUT2D eigenvalue weighted by Gasteiger charge is 2.24. The third-order valence-corrected chi connectivity index (χ3v) is 3.76. The number of nitrogens with zero attached hydrogens (tertiary/aromatic N) is 1. The molecular weight excluding hydrogens is 248 g/mol. The minimum absolute atomic E-state index is 0.0656. The number of nitrogens with one attached hydrogen (secondary N) is 1. The van der Waals surface area contributed by atoms with Gasteiger partial charge in [-0.3, -0.25) is 4.79 Å². The van der Waals surface area contributed by atoms with E-state index in [0.29, 0.717) is 6.54 Å². The van der Waals surface area contributed by atoms with Crippen molar-refractivity contribution in [1.82, 2.24) is 9.88 Å². The van der Waals surface area contributed by atoms with Crippen LogP contribution >= 0.6 is 0 Å². The number of likely N-dealkylation sites (N-methyl/N-ethyl adjacent to an activating group) is 1. The molecule has 0 saturated carbocycles. The van der Waals surface area contributed by atoms with Crippen LogP contribution in [0.5, 0.6) is 0 Å². The molecule has 2 aromatic rings. The second kappa shape index (κ2) is 5.80. The number of rotatable bonds is 4. The zero-order valence-corrected chi connectivity index (χ0v) is 12.8. The van der Waals surface area contributed by atoms with Crippen LogP contribution in [-0.4, -0.2) is 17.2 Å². The fourth-order valence-corrected chi connectivity index (χ4v) is 2.51. The van der Waals surface area contributed by atoms with E-state index in [0.717, 1.165) is 17.4 Å². The van der Waals surface area contributed by atoms with Crippen molar-refractivity contribution < 1.29 is 0 Å². The van der Waals surface area contributed by atoms with Gasteiger partial charge in [0.25, 0.3) is 5.56 Å². The predicted molar refractivity (Wildman–Crippen MR) is 85.1 cm³/mol. The molecule has 1 unspecified atom stereocenters. The van der Waals surface area contributed by atoms with Gasteiger partial charge in [0.05, 0.1) is 5.52 Å². The van der Waals surface area contributed by atoms with Gasteiger partial charge >= 0.3 is 0 Å². The fraction of sp³-hybridized carbons (Fsp3) is 0.471. The van der Waals surface area contributed by atoms with Crippen LogP contribution in [0.15, 0.2) is 41.2 Å². The van der Waals surface area contributed by atoms with Crippen molar-refractivity contribution in [2.75, 3.05) is 6.54 Å². The first-order valence-electron chi connectivity index (χ1n) is 7.25. The Labute approximate surface area is 120 Å². The van der Waals surface area contributed by atoms with E-state index in [4.69, 9.17) is 0 Å². The lowest BCUT2D eigenvalue weighted by molar-refractivity contribution is 0.246. The van der Waals surface area contributed by atoms with Crippen molar-refractivity contribution in [2.45, 2.75) is 40.3 Å². The molecule has 0 bridgehead atoms. The van der Waals surface area contributed by atoms with E-state index < -0.39 is 0 Å². The Bertz CT molecular complexity index is 637. The summed E-state index contributed by atoms with van der Waals surface area (Å²) in [5, 5.41) is 4.61. The van der Waals surface area contributed by atoms with Gasteiger partial charge in [-0.2, -0.15) is 0 Å². The summed E-state index contributed by atoms with van der Waals surface area (Å²) in [4.78, 5) is 12.2. The average Bonchev–Trinajstić information content (AvgIpc) is 2.40. The Kier molecular flexibility index (Phi) is 4.29. The van der Waals surface area contributed by atoms with Crippen molar-refractivity contribution in [1.29, 1.82) is 0 Å². The molecule has 3 nitrogen and oxygen atoms in total. The molecule has 1 atom stereocenters. The maximum absolute atomic E-state index is 12.2. The van der Waals surface area contributed by atoms with Gasteiger partial charge in [0.2, 0.25) is 0 Å². The summed E-state index contributed by atoms with van der Waals surface area (Å²) in [6, 6.07) is 11.9. The maximum Gasteiger partial charge on any atom is 0.251 e. The molecule has 0 amide bonds. The van der Waals surface area contributed by atoms with E-state index in [1.54, 1.807) is 6.07 Å². The number of para-hydroxylation sites is 1. The van der Waals surface area contributed by atoms with Gasteiger partial charge < -0.3 is 9.88 Å². The second-order valence-electron chi connectivity index (χ2n) is 6.32. The average molecular weight is 272 g/mol. The number of fused-ring (bicyclic) bond motifs is 1. The number of benzene rings is 1. The summed E-state index contributed by atoms with van der Waals surface area (Å²) in [7, 11) is 0. The highest BCUT2D eigenvalue weighted by Crippen LogP contribution is 2.21. The molecule has 20 heavy (non-hydrogen) atoms. The Morgan fingerprint density at radius 3 is 2.50 bits per heavy atom. The van der Waals surface area contributed by atoms with Crippen LogP contribution in [0.25, 0.3) is 10.9 Å². The monoisotopic (exact) mass is 272 g/mol. The van der Waals surface area contributed by atoms with Gasteiger partial charge in [0.15, 0.2) is 0 Å². The van der Waals surface area contributed by atoms with E-state index in [2.05, 4.69) is 33.0 Å². The summed E-state index contributed by atoms with van der Waals surface area (Å²) in [5.74, 6) is 0.